The molecule has 0 aromatic rings. The summed E-state index contributed by atoms with van der Waals surface area (Å²) in [6.07, 6.45) is 4.92. The Morgan fingerprint density at radius 2 is 1.90 bits per heavy atom. The predicted molar refractivity (Wildman–Crippen MR) is 83.4 cm³/mol. The number of ether oxygens (including phenoxy) is 1. The quantitative estimate of drug-likeness (QED) is 0.725. The molecular formula is C14H29N3O3S. The molecule has 2 N–H and O–H groups in total. The zero-order valence-electron chi connectivity index (χ0n) is 13.0. The van der Waals surface area contributed by atoms with Crippen molar-refractivity contribution in [3.05, 3.63) is 0 Å². The van der Waals surface area contributed by atoms with Crippen LogP contribution in [0.15, 0.2) is 0 Å². The highest BCUT2D eigenvalue weighted by molar-refractivity contribution is 7.87. The van der Waals surface area contributed by atoms with Crippen LogP contribution in [0, 0.1) is 5.92 Å². The standard InChI is InChI=1S/C14H29N3O3S/c1-2-15-12-14-5-3-4-8-17(14)21(18,19)16-11-13-6-9-20-10-7-13/h13-16H,2-12H2,1H3. The molecule has 1 atom stereocenters. The topological polar surface area (TPSA) is 70.7 Å². The van der Waals surface area contributed by atoms with Crippen molar-refractivity contribution >= 4 is 10.2 Å². The van der Waals surface area contributed by atoms with Crippen molar-refractivity contribution in [1.29, 1.82) is 0 Å². The Balaban J connectivity index is 1.88. The lowest BCUT2D eigenvalue weighted by molar-refractivity contribution is 0.0676. The molecule has 0 aromatic carbocycles. The summed E-state index contributed by atoms with van der Waals surface area (Å²) in [6, 6.07) is 0.0888. The summed E-state index contributed by atoms with van der Waals surface area (Å²) in [5.41, 5.74) is 0. The molecule has 6 nitrogen and oxygen atoms in total. The molecule has 2 rings (SSSR count). The van der Waals surface area contributed by atoms with Crippen LogP contribution in [-0.2, 0) is 14.9 Å². The van der Waals surface area contributed by atoms with Gasteiger partial charge in [-0.2, -0.15) is 12.7 Å². The molecule has 0 radical (unpaired) electrons. The number of nitrogens with zero attached hydrogens (tertiary/aromatic N) is 1. The Morgan fingerprint density at radius 3 is 2.62 bits per heavy atom. The lowest BCUT2D eigenvalue weighted by Gasteiger charge is -2.35. The van der Waals surface area contributed by atoms with E-state index in [1.165, 1.54) is 0 Å². The molecule has 0 aromatic heterocycles. The highest BCUT2D eigenvalue weighted by Crippen LogP contribution is 2.20. The third kappa shape index (κ3) is 5.17. The van der Waals surface area contributed by atoms with Gasteiger partial charge in [-0.05, 0) is 38.1 Å². The normalized spacial score (nSPS) is 26.0. The molecule has 0 bridgehead atoms. The number of hydrogen-bond acceptors (Lipinski definition) is 4. The van der Waals surface area contributed by atoms with Gasteiger partial charge in [-0.25, -0.2) is 4.72 Å². The molecule has 124 valence electrons. The molecule has 2 aliphatic heterocycles. The summed E-state index contributed by atoms with van der Waals surface area (Å²) in [5, 5.41) is 3.28. The predicted octanol–water partition coefficient (Wildman–Crippen LogP) is 0.711. The summed E-state index contributed by atoms with van der Waals surface area (Å²) >= 11 is 0. The maximum atomic E-state index is 12.6. The van der Waals surface area contributed by atoms with E-state index >= 15 is 0 Å². The minimum atomic E-state index is -3.36. The molecule has 2 heterocycles. The lowest BCUT2D eigenvalue weighted by atomic mass is 10.0. The summed E-state index contributed by atoms with van der Waals surface area (Å²) < 4.78 is 34.9. The van der Waals surface area contributed by atoms with Crippen molar-refractivity contribution in [2.45, 2.75) is 45.1 Å². The molecule has 2 fully saturated rings. The van der Waals surface area contributed by atoms with Crippen LogP contribution in [0.4, 0.5) is 0 Å². The van der Waals surface area contributed by atoms with E-state index in [-0.39, 0.29) is 6.04 Å². The van der Waals surface area contributed by atoms with Crippen LogP contribution in [0.25, 0.3) is 0 Å². The number of hydrogen-bond donors (Lipinski definition) is 2. The summed E-state index contributed by atoms with van der Waals surface area (Å²) in [6.45, 7) is 6.34. The molecule has 0 saturated carbocycles. The minimum absolute atomic E-state index is 0.0888. The fraction of sp³-hybridized carbons (Fsp3) is 1.00. The first-order chi connectivity index (χ1) is 10.1. The summed E-state index contributed by atoms with van der Waals surface area (Å²) in [4.78, 5) is 0. The van der Waals surface area contributed by atoms with Gasteiger partial charge in [-0.3, -0.25) is 0 Å². The highest BCUT2D eigenvalue weighted by Gasteiger charge is 2.32. The zero-order chi connectivity index (χ0) is 15.1. The van der Waals surface area contributed by atoms with Crippen LogP contribution in [0.1, 0.15) is 39.0 Å². The third-order valence-electron chi connectivity index (χ3n) is 4.41. The molecule has 7 heteroatoms. The largest absolute Gasteiger partial charge is 0.381 e. The van der Waals surface area contributed by atoms with Crippen molar-refractivity contribution in [2.75, 3.05) is 39.4 Å². The Bertz CT molecular complexity index is 396. The molecule has 0 aliphatic carbocycles. The fourth-order valence-corrected chi connectivity index (χ4v) is 4.62. The minimum Gasteiger partial charge on any atom is -0.381 e. The Hall–Kier alpha value is -0.210. The van der Waals surface area contributed by atoms with Gasteiger partial charge in [-0.15, -0.1) is 0 Å². The van der Waals surface area contributed by atoms with Gasteiger partial charge in [0.05, 0.1) is 0 Å². The summed E-state index contributed by atoms with van der Waals surface area (Å²) in [5.74, 6) is 0.408. The van der Waals surface area contributed by atoms with Crippen molar-refractivity contribution in [2.24, 2.45) is 5.92 Å². The first-order valence-electron chi connectivity index (χ1n) is 8.18. The molecular weight excluding hydrogens is 290 g/mol. The van der Waals surface area contributed by atoms with Gasteiger partial charge in [0, 0.05) is 38.9 Å². The first-order valence-corrected chi connectivity index (χ1v) is 9.62. The van der Waals surface area contributed by atoms with Crippen LogP contribution >= 0.6 is 0 Å². The monoisotopic (exact) mass is 319 g/mol. The van der Waals surface area contributed by atoms with Crippen LogP contribution in [0.5, 0.6) is 0 Å². The van der Waals surface area contributed by atoms with Crippen LogP contribution in [0.3, 0.4) is 0 Å². The fourth-order valence-electron chi connectivity index (χ4n) is 3.06. The van der Waals surface area contributed by atoms with Gasteiger partial charge < -0.3 is 10.1 Å². The van der Waals surface area contributed by atoms with Gasteiger partial charge in [0.1, 0.15) is 0 Å². The van der Waals surface area contributed by atoms with Gasteiger partial charge in [0.25, 0.3) is 10.2 Å². The maximum Gasteiger partial charge on any atom is 0.279 e. The van der Waals surface area contributed by atoms with Crippen molar-refractivity contribution < 1.29 is 13.2 Å². The molecule has 1 unspecified atom stereocenters. The second-order valence-electron chi connectivity index (χ2n) is 5.98. The van der Waals surface area contributed by atoms with E-state index in [0.717, 1.165) is 58.4 Å². The number of piperidine rings is 1. The lowest BCUT2D eigenvalue weighted by Crippen LogP contribution is -2.53. The van der Waals surface area contributed by atoms with E-state index in [2.05, 4.69) is 10.0 Å². The van der Waals surface area contributed by atoms with Crippen LogP contribution < -0.4 is 10.0 Å². The van der Waals surface area contributed by atoms with E-state index in [1.807, 2.05) is 6.92 Å². The number of likely N-dealkylation sites (N-methyl/N-ethyl adjacent to an activating group) is 1. The van der Waals surface area contributed by atoms with Gasteiger partial charge in [-0.1, -0.05) is 13.3 Å². The van der Waals surface area contributed by atoms with Gasteiger partial charge >= 0.3 is 0 Å². The smallest absolute Gasteiger partial charge is 0.279 e. The SMILES string of the molecule is CCNCC1CCCCN1S(=O)(=O)NCC1CCOCC1. The summed E-state index contributed by atoms with van der Waals surface area (Å²) in [7, 11) is -3.36. The first kappa shape index (κ1) is 17.1. The van der Waals surface area contributed by atoms with Crippen molar-refractivity contribution in [3.8, 4) is 0 Å². The Morgan fingerprint density at radius 1 is 1.14 bits per heavy atom. The molecule has 21 heavy (non-hydrogen) atoms. The maximum absolute atomic E-state index is 12.6. The number of rotatable bonds is 7. The second-order valence-corrected chi connectivity index (χ2v) is 7.69. The van der Waals surface area contributed by atoms with Gasteiger partial charge in [0.2, 0.25) is 0 Å². The average molecular weight is 319 g/mol. The zero-order valence-corrected chi connectivity index (χ0v) is 13.8. The van der Waals surface area contributed by atoms with E-state index < -0.39 is 10.2 Å². The van der Waals surface area contributed by atoms with E-state index in [9.17, 15) is 8.42 Å². The Kier molecular flexibility index (Phi) is 6.88. The van der Waals surface area contributed by atoms with E-state index in [4.69, 9.17) is 4.74 Å². The van der Waals surface area contributed by atoms with Gasteiger partial charge in [0.15, 0.2) is 0 Å². The van der Waals surface area contributed by atoms with Crippen molar-refractivity contribution in [3.63, 3.8) is 0 Å². The average Bonchev–Trinajstić information content (AvgIpc) is 2.52. The molecule has 2 saturated heterocycles. The van der Waals surface area contributed by atoms with E-state index in [0.29, 0.717) is 19.0 Å². The van der Waals surface area contributed by atoms with Crippen LogP contribution in [0.2, 0.25) is 0 Å². The van der Waals surface area contributed by atoms with Crippen LogP contribution in [-0.4, -0.2) is 58.2 Å². The molecule has 2 aliphatic rings. The Labute approximate surface area is 128 Å². The second kappa shape index (κ2) is 8.43. The van der Waals surface area contributed by atoms with Crippen molar-refractivity contribution in [1.82, 2.24) is 14.3 Å². The number of nitrogens with one attached hydrogen (secondary N) is 2. The molecule has 0 spiro atoms. The van der Waals surface area contributed by atoms with E-state index in [1.54, 1.807) is 4.31 Å². The third-order valence-corrected chi connectivity index (χ3v) is 6.04. The molecule has 0 amide bonds. The highest BCUT2D eigenvalue weighted by atomic mass is 32.2.